The monoisotopic (exact) mass is 166 g/mol. The highest BCUT2D eigenvalue weighted by Crippen LogP contribution is 2.59. The van der Waals surface area contributed by atoms with Crippen LogP contribution in [0.4, 0.5) is 0 Å². The molecule has 0 heterocycles. The topological polar surface area (TPSA) is 17.1 Å². The fourth-order valence-corrected chi connectivity index (χ4v) is 3.57. The van der Waals surface area contributed by atoms with Gasteiger partial charge in [-0.2, -0.15) is 0 Å². The van der Waals surface area contributed by atoms with E-state index in [1.165, 1.54) is 19.3 Å². The zero-order chi connectivity index (χ0) is 8.77. The summed E-state index contributed by atoms with van der Waals surface area (Å²) >= 11 is 0. The Morgan fingerprint density at radius 2 is 2.17 bits per heavy atom. The molecule has 0 radical (unpaired) electrons. The Hall–Kier alpha value is -0.330. The lowest BCUT2D eigenvalue weighted by Gasteiger charge is -2.37. The highest BCUT2D eigenvalue weighted by atomic mass is 16.1. The van der Waals surface area contributed by atoms with Gasteiger partial charge in [0.2, 0.25) is 0 Å². The molecule has 0 spiro atoms. The molecule has 2 bridgehead atoms. The molecule has 3 atom stereocenters. The van der Waals surface area contributed by atoms with Crippen molar-refractivity contribution in [2.45, 2.75) is 39.5 Å². The number of carbonyl (C=O) groups excluding carboxylic acids is 1. The molecule has 1 heteroatoms. The molecule has 0 amide bonds. The number of rotatable bonds is 2. The Bertz CT molecular complexity index is 195. The summed E-state index contributed by atoms with van der Waals surface area (Å²) in [7, 11) is 0. The van der Waals surface area contributed by atoms with Gasteiger partial charge in [0.15, 0.2) is 0 Å². The van der Waals surface area contributed by atoms with Crippen molar-refractivity contribution in [3.63, 3.8) is 0 Å². The van der Waals surface area contributed by atoms with Crippen LogP contribution in [0.25, 0.3) is 0 Å². The largest absolute Gasteiger partial charge is 0.303 e. The first-order valence-electron chi connectivity index (χ1n) is 5.10. The Morgan fingerprint density at radius 3 is 2.67 bits per heavy atom. The zero-order valence-electron chi connectivity index (χ0n) is 8.05. The van der Waals surface area contributed by atoms with Gasteiger partial charge in [-0.05, 0) is 42.4 Å². The fourth-order valence-electron chi connectivity index (χ4n) is 3.57. The molecular weight excluding hydrogens is 148 g/mol. The van der Waals surface area contributed by atoms with Crippen molar-refractivity contribution in [2.24, 2.45) is 23.2 Å². The predicted molar refractivity (Wildman–Crippen MR) is 48.8 cm³/mol. The molecule has 0 aromatic carbocycles. The molecule has 12 heavy (non-hydrogen) atoms. The molecule has 1 nitrogen and oxygen atoms in total. The first kappa shape index (κ1) is 8.28. The Labute approximate surface area is 74.5 Å². The van der Waals surface area contributed by atoms with E-state index in [2.05, 4.69) is 13.8 Å². The summed E-state index contributed by atoms with van der Waals surface area (Å²) in [4.78, 5) is 10.5. The van der Waals surface area contributed by atoms with Crippen LogP contribution in [-0.2, 0) is 4.79 Å². The quantitative estimate of drug-likeness (QED) is 0.576. The van der Waals surface area contributed by atoms with E-state index >= 15 is 0 Å². The van der Waals surface area contributed by atoms with Gasteiger partial charge in [0.05, 0.1) is 0 Å². The van der Waals surface area contributed by atoms with E-state index in [0.29, 0.717) is 11.3 Å². The van der Waals surface area contributed by atoms with Crippen LogP contribution in [0, 0.1) is 23.2 Å². The lowest BCUT2D eigenvalue weighted by Crippen LogP contribution is -2.30. The van der Waals surface area contributed by atoms with E-state index in [1.54, 1.807) is 0 Å². The minimum Gasteiger partial charge on any atom is -0.303 e. The molecule has 2 aliphatic carbocycles. The van der Waals surface area contributed by atoms with Crippen molar-refractivity contribution in [2.75, 3.05) is 0 Å². The van der Waals surface area contributed by atoms with Crippen LogP contribution in [-0.4, -0.2) is 6.29 Å². The molecule has 0 aromatic rings. The van der Waals surface area contributed by atoms with Crippen molar-refractivity contribution in [3.8, 4) is 0 Å². The zero-order valence-corrected chi connectivity index (χ0v) is 8.05. The maximum absolute atomic E-state index is 10.5. The molecular formula is C11H18O. The second-order valence-corrected chi connectivity index (χ2v) is 5.10. The minimum absolute atomic E-state index is 0.448. The summed E-state index contributed by atoms with van der Waals surface area (Å²) in [6.45, 7) is 4.70. The molecule has 68 valence electrons. The van der Waals surface area contributed by atoms with Crippen LogP contribution in [0.5, 0.6) is 0 Å². The molecule has 0 N–H and O–H groups in total. The molecule has 0 aromatic heterocycles. The molecule has 0 aliphatic heterocycles. The van der Waals surface area contributed by atoms with E-state index in [4.69, 9.17) is 0 Å². The Morgan fingerprint density at radius 1 is 1.42 bits per heavy atom. The van der Waals surface area contributed by atoms with Crippen LogP contribution in [0.3, 0.4) is 0 Å². The predicted octanol–water partition coefficient (Wildman–Crippen LogP) is 2.65. The van der Waals surface area contributed by atoms with E-state index in [0.717, 1.165) is 24.5 Å². The first-order valence-corrected chi connectivity index (χ1v) is 5.10. The molecule has 2 aliphatic rings. The maximum atomic E-state index is 10.5. The van der Waals surface area contributed by atoms with E-state index in [1.807, 2.05) is 0 Å². The summed E-state index contributed by atoms with van der Waals surface area (Å²) in [6, 6.07) is 0. The van der Waals surface area contributed by atoms with Crippen molar-refractivity contribution in [1.29, 1.82) is 0 Å². The van der Waals surface area contributed by atoms with Gasteiger partial charge in [-0.25, -0.2) is 0 Å². The first-order chi connectivity index (χ1) is 5.66. The standard InChI is InChI=1S/C11H18O/c1-11(2)9-4-3-8(7-9)10(11)5-6-12/h6,8-10H,3-5,7H2,1-2H3/t8-,9+,10-/m0/s1. The summed E-state index contributed by atoms with van der Waals surface area (Å²) in [5.41, 5.74) is 0.448. The number of aldehydes is 1. The van der Waals surface area contributed by atoms with Gasteiger partial charge >= 0.3 is 0 Å². The number of carbonyl (C=O) groups is 1. The van der Waals surface area contributed by atoms with Gasteiger partial charge in [0.25, 0.3) is 0 Å². The van der Waals surface area contributed by atoms with Crippen LogP contribution in [0.15, 0.2) is 0 Å². The van der Waals surface area contributed by atoms with Crippen molar-refractivity contribution in [3.05, 3.63) is 0 Å². The molecule has 0 saturated heterocycles. The number of hydrogen-bond donors (Lipinski definition) is 0. The minimum atomic E-state index is 0.448. The SMILES string of the molecule is CC1(C)[C@@H]2CC[C@@H](C2)[C@@H]1CC=O. The lowest BCUT2D eigenvalue weighted by molar-refractivity contribution is -0.110. The van der Waals surface area contributed by atoms with E-state index in [9.17, 15) is 4.79 Å². The summed E-state index contributed by atoms with van der Waals surface area (Å²) in [6.07, 6.45) is 6.10. The maximum Gasteiger partial charge on any atom is 0.120 e. The van der Waals surface area contributed by atoms with Crippen LogP contribution >= 0.6 is 0 Å². The highest BCUT2D eigenvalue weighted by Gasteiger charge is 2.51. The fraction of sp³-hybridized carbons (Fsp3) is 0.909. The second-order valence-electron chi connectivity index (χ2n) is 5.10. The number of hydrogen-bond acceptors (Lipinski definition) is 1. The average molecular weight is 166 g/mol. The molecule has 2 saturated carbocycles. The van der Waals surface area contributed by atoms with Gasteiger partial charge in [-0.1, -0.05) is 13.8 Å². The van der Waals surface area contributed by atoms with Gasteiger partial charge in [-0.3, -0.25) is 0 Å². The summed E-state index contributed by atoms with van der Waals surface area (Å²) in [5.74, 6) is 2.47. The van der Waals surface area contributed by atoms with Gasteiger partial charge in [0, 0.05) is 6.42 Å². The lowest BCUT2D eigenvalue weighted by atomic mass is 9.68. The van der Waals surface area contributed by atoms with Crippen molar-refractivity contribution in [1.82, 2.24) is 0 Å². The number of fused-ring (bicyclic) bond motifs is 2. The van der Waals surface area contributed by atoms with Crippen LogP contribution in [0.1, 0.15) is 39.5 Å². The third kappa shape index (κ3) is 0.949. The molecule has 2 rings (SSSR count). The molecule has 0 unspecified atom stereocenters. The van der Waals surface area contributed by atoms with Gasteiger partial charge < -0.3 is 4.79 Å². The smallest absolute Gasteiger partial charge is 0.120 e. The van der Waals surface area contributed by atoms with Crippen molar-refractivity contribution < 1.29 is 4.79 Å². The van der Waals surface area contributed by atoms with E-state index in [-0.39, 0.29) is 0 Å². The Kier molecular flexibility index (Phi) is 1.78. The van der Waals surface area contributed by atoms with Gasteiger partial charge in [-0.15, -0.1) is 0 Å². The highest BCUT2D eigenvalue weighted by molar-refractivity contribution is 5.50. The Balaban J connectivity index is 2.17. The summed E-state index contributed by atoms with van der Waals surface area (Å²) < 4.78 is 0. The third-order valence-electron chi connectivity index (χ3n) is 4.40. The van der Waals surface area contributed by atoms with Crippen molar-refractivity contribution >= 4 is 6.29 Å². The van der Waals surface area contributed by atoms with Crippen LogP contribution < -0.4 is 0 Å². The normalized spacial score (nSPS) is 43.3. The molecule has 2 fully saturated rings. The van der Waals surface area contributed by atoms with E-state index < -0.39 is 0 Å². The third-order valence-corrected chi connectivity index (χ3v) is 4.40. The average Bonchev–Trinajstić information content (AvgIpc) is 2.53. The summed E-state index contributed by atoms with van der Waals surface area (Å²) in [5, 5.41) is 0. The van der Waals surface area contributed by atoms with Crippen LogP contribution in [0.2, 0.25) is 0 Å². The second kappa shape index (κ2) is 2.58. The van der Waals surface area contributed by atoms with Gasteiger partial charge in [0.1, 0.15) is 6.29 Å².